The standard InChI is InChI=1S/C12H21NO3/c1-11(14)10-12(15)16-9-5-8-13-6-3-2-4-7-13/h2-10H2,1H3. The molecular formula is C12H21NO3. The van der Waals surface area contributed by atoms with E-state index in [9.17, 15) is 9.59 Å². The van der Waals surface area contributed by atoms with E-state index in [0.29, 0.717) is 6.61 Å². The van der Waals surface area contributed by atoms with Crippen LogP contribution in [-0.2, 0) is 14.3 Å². The first-order valence-electron chi connectivity index (χ1n) is 6.06. The van der Waals surface area contributed by atoms with Gasteiger partial charge in [0, 0.05) is 6.54 Å². The molecule has 0 aromatic rings. The smallest absolute Gasteiger partial charge is 0.313 e. The molecule has 1 fully saturated rings. The summed E-state index contributed by atoms with van der Waals surface area (Å²) in [4.78, 5) is 24.1. The molecule has 0 bridgehead atoms. The van der Waals surface area contributed by atoms with Crippen molar-refractivity contribution in [1.29, 1.82) is 0 Å². The maximum atomic E-state index is 11.0. The Bertz CT molecular complexity index is 234. The fourth-order valence-corrected chi connectivity index (χ4v) is 1.91. The Morgan fingerprint density at radius 3 is 2.50 bits per heavy atom. The van der Waals surface area contributed by atoms with Crippen LogP contribution >= 0.6 is 0 Å². The summed E-state index contributed by atoms with van der Waals surface area (Å²) in [6, 6.07) is 0. The van der Waals surface area contributed by atoms with E-state index >= 15 is 0 Å². The molecule has 1 rings (SSSR count). The molecule has 0 N–H and O–H groups in total. The first-order valence-corrected chi connectivity index (χ1v) is 6.06. The van der Waals surface area contributed by atoms with Crippen molar-refractivity contribution in [3.05, 3.63) is 0 Å². The van der Waals surface area contributed by atoms with Crippen molar-refractivity contribution in [3.8, 4) is 0 Å². The first-order chi connectivity index (χ1) is 7.68. The summed E-state index contributed by atoms with van der Waals surface area (Å²) in [7, 11) is 0. The van der Waals surface area contributed by atoms with Crippen LogP contribution in [0.2, 0.25) is 0 Å². The molecule has 1 aliphatic heterocycles. The molecule has 0 saturated carbocycles. The van der Waals surface area contributed by atoms with Gasteiger partial charge in [0.25, 0.3) is 0 Å². The number of esters is 1. The Kier molecular flexibility index (Phi) is 6.08. The number of rotatable bonds is 6. The van der Waals surface area contributed by atoms with Crippen molar-refractivity contribution in [2.75, 3.05) is 26.2 Å². The van der Waals surface area contributed by atoms with Gasteiger partial charge in [-0.3, -0.25) is 9.59 Å². The summed E-state index contributed by atoms with van der Waals surface area (Å²) in [6.45, 7) is 5.16. The van der Waals surface area contributed by atoms with E-state index in [0.717, 1.165) is 13.0 Å². The maximum absolute atomic E-state index is 11.0. The highest BCUT2D eigenvalue weighted by Crippen LogP contribution is 2.08. The van der Waals surface area contributed by atoms with E-state index in [1.807, 2.05) is 0 Å². The van der Waals surface area contributed by atoms with E-state index in [1.165, 1.54) is 39.3 Å². The van der Waals surface area contributed by atoms with E-state index < -0.39 is 5.97 Å². The van der Waals surface area contributed by atoms with E-state index in [4.69, 9.17) is 4.74 Å². The fraction of sp³-hybridized carbons (Fsp3) is 0.833. The lowest BCUT2D eigenvalue weighted by atomic mass is 10.1. The van der Waals surface area contributed by atoms with Crippen molar-refractivity contribution in [2.24, 2.45) is 0 Å². The quantitative estimate of drug-likeness (QED) is 0.391. The highest BCUT2D eigenvalue weighted by Gasteiger charge is 2.10. The van der Waals surface area contributed by atoms with Gasteiger partial charge in [-0.05, 0) is 39.3 Å². The molecule has 0 aromatic heterocycles. The second kappa shape index (κ2) is 7.39. The lowest BCUT2D eigenvalue weighted by Gasteiger charge is -2.26. The van der Waals surface area contributed by atoms with Crippen molar-refractivity contribution < 1.29 is 14.3 Å². The predicted octanol–water partition coefficient (Wildman–Crippen LogP) is 1.38. The van der Waals surface area contributed by atoms with Crippen LogP contribution in [0.3, 0.4) is 0 Å². The van der Waals surface area contributed by atoms with Gasteiger partial charge in [-0.15, -0.1) is 0 Å². The lowest BCUT2D eigenvalue weighted by molar-refractivity contribution is -0.145. The minimum atomic E-state index is -0.397. The Balaban J connectivity index is 1.98. The Hall–Kier alpha value is -0.900. The van der Waals surface area contributed by atoms with Crippen molar-refractivity contribution >= 4 is 11.8 Å². The second-order valence-electron chi connectivity index (χ2n) is 4.36. The molecule has 0 spiro atoms. The summed E-state index contributed by atoms with van der Waals surface area (Å²) in [5, 5.41) is 0. The third kappa shape index (κ3) is 5.85. The zero-order chi connectivity index (χ0) is 11.8. The Labute approximate surface area is 96.9 Å². The SMILES string of the molecule is CC(=O)CC(=O)OCCCN1CCCCC1. The zero-order valence-electron chi connectivity index (χ0n) is 10.0. The van der Waals surface area contributed by atoms with Crippen LogP contribution in [0.25, 0.3) is 0 Å². The Morgan fingerprint density at radius 2 is 1.88 bits per heavy atom. The monoisotopic (exact) mass is 227 g/mol. The molecule has 0 unspecified atom stereocenters. The van der Waals surface area contributed by atoms with E-state index in [-0.39, 0.29) is 12.2 Å². The number of Topliss-reactive ketones (excluding diaryl/α,β-unsaturated/α-hetero) is 1. The molecule has 4 heteroatoms. The van der Waals surface area contributed by atoms with Gasteiger partial charge >= 0.3 is 5.97 Å². The normalized spacial score (nSPS) is 17.1. The van der Waals surface area contributed by atoms with E-state index in [1.54, 1.807) is 0 Å². The molecule has 0 atom stereocenters. The second-order valence-corrected chi connectivity index (χ2v) is 4.36. The number of ether oxygens (including phenoxy) is 1. The van der Waals surface area contributed by atoms with Crippen molar-refractivity contribution in [1.82, 2.24) is 4.90 Å². The van der Waals surface area contributed by atoms with Gasteiger partial charge in [0.1, 0.15) is 12.2 Å². The summed E-state index contributed by atoms with van der Waals surface area (Å²) in [5.41, 5.74) is 0. The number of carbonyl (C=O) groups excluding carboxylic acids is 2. The molecule has 16 heavy (non-hydrogen) atoms. The maximum Gasteiger partial charge on any atom is 0.313 e. The lowest BCUT2D eigenvalue weighted by Crippen LogP contribution is -2.31. The summed E-state index contributed by atoms with van der Waals surface area (Å²) >= 11 is 0. The molecule has 4 nitrogen and oxygen atoms in total. The van der Waals surface area contributed by atoms with Gasteiger partial charge < -0.3 is 9.64 Å². The molecule has 0 amide bonds. The van der Waals surface area contributed by atoms with Crippen LogP contribution in [0, 0.1) is 0 Å². The van der Waals surface area contributed by atoms with Crippen LogP contribution in [0.5, 0.6) is 0 Å². The average molecular weight is 227 g/mol. The molecule has 0 radical (unpaired) electrons. The van der Waals surface area contributed by atoms with Gasteiger partial charge in [0.05, 0.1) is 6.61 Å². The molecule has 1 aliphatic rings. The minimum absolute atomic E-state index is 0.0935. The Morgan fingerprint density at radius 1 is 1.19 bits per heavy atom. The summed E-state index contributed by atoms with van der Waals surface area (Å²) in [5.74, 6) is -0.535. The minimum Gasteiger partial charge on any atom is -0.465 e. The number of hydrogen-bond acceptors (Lipinski definition) is 4. The summed E-state index contributed by atoms with van der Waals surface area (Å²) in [6.07, 6.45) is 4.67. The van der Waals surface area contributed by atoms with Crippen LogP contribution in [0.4, 0.5) is 0 Å². The highest BCUT2D eigenvalue weighted by molar-refractivity contribution is 5.94. The molecule has 1 heterocycles. The van der Waals surface area contributed by atoms with Gasteiger partial charge in [-0.25, -0.2) is 0 Å². The van der Waals surface area contributed by atoms with Gasteiger partial charge in [0.15, 0.2) is 0 Å². The van der Waals surface area contributed by atoms with Crippen LogP contribution in [-0.4, -0.2) is 42.9 Å². The zero-order valence-corrected chi connectivity index (χ0v) is 10.0. The average Bonchev–Trinajstić information content (AvgIpc) is 2.25. The van der Waals surface area contributed by atoms with Gasteiger partial charge in [-0.2, -0.15) is 0 Å². The molecule has 0 aliphatic carbocycles. The topological polar surface area (TPSA) is 46.6 Å². The third-order valence-corrected chi connectivity index (χ3v) is 2.72. The van der Waals surface area contributed by atoms with Crippen molar-refractivity contribution in [2.45, 2.75) is 39.0 Å². The highest BCUT2D eigenvalue weighted by atomic mass is 16.5. The predicted molar refractivity (Wildman–Crippen MR) is 61.2 cm³/mol. The number of likely N-dealkylation sites (tertiary alicyclic amines) is 1. The van der Waals surface area contributed by atoms with E-state index in [2.05, 4.69) is 4.90 Å². The number of piperidine rings is 1. The number of carbonyl (C=O) groups is 2. The largest absolute Gasteiger partial charge is 0.465 e. The number of hydrogen-bond donors (Lipinski definition) is 0. The van der Waals surface area contributed by atoms with Crippen LogP contribution in [0.15, 0.2) is 0 Å². The third-order valence-electron chi connectivity index (χ3n) is 2.72. The molecule has 1 saturated heterocycles. The van der Waals surface area contributed by atoms with Crippen LogP contribution in [0.1, 0.15) is 39.0 Å². The molecule has 0 aromatic carbocycles. The van der Waals surface area contributed by atoms with Gasteiger partial charge in [0.2, 0.25) is 0 Å². The number of nitrogens with zero attached hydrogens (tertiary/aromatic N) is 1. The fourth-order valence-electron chi connectivity index (χ4n) is 1.91. The van der Waals surface area contributed by atoms with Crippen LogP contribution < -0.4 is 0 Å². The first kappa shape index (κ1) is 13.2. The number of ketones is 1. The molecular weight excluding hydrogens is 206 g/mol. The molecule has 92 valence electrons. The summed E-state index contributed by atoms with van der Waals surface area (Å²) < 4.78 is 4.96. The van der Waals surface area contributed by atoms with Gasteiger partial charge in [-0.1, -0.05) is 6.42 Å². The van der Waals surface area contributed by atoms with Crippen molar-refractivity contribution in [3.63, 3.8) is 0 Å².